The highest BCUT2D eigenvalue weighted by molar-refractivity contribution is 7.19. The number of benzene rings is 1. The Labute approximate surface area is 138 Å². The second-order valence-corrected chi connectivity index (χ2v) is 5.84. The minimum atomic E-state index is -0.625. The van der Waals surface area contributed by atoms with Crippen LogP contribution in [0.3, 0.4) is 0 Å². The molecule has 2 rings (SSSR count). The van der Waals surface area contributed by atoms with Crippen LogP contribution in [0.5, 0.6) is 0 Å². The molecule has 6 nitrogen and oxygen atoms in total. The first-order valence-electron chi connectivity index (χ1n) is 5.86. The van der Waals surface area contributed by atoms with Crippen LogP contribution in [0.15, 0.2) is 30.3 Å². The van der Waals surface area contributed by atoms with Gasteiger partial charge in [0.15, 0.2) is 5.78 Å². The molecule has 1 heterocycles. The van der Waals surface area contributed by atoms with Crippen molar-refractivity contribution in [3.05, 3.63) is 56.6 Å². The number of hydrogen-bond acceptors (Lipinski definition) is 5. The Bertz CT molecular complexity index is 743. The molecule has 0 unspecified atom stereocenters. The number of anilines is 1. The zero-order chi connectivity index (χ0) is 16.3. The van der Waals surface area contributed by atoms with Crippen molar-refractivity contribution in [2.75, 3.05) is 11.2 Å². The summed E-state index contributed by atoms with van der Waals surface area (Å²) in [5.74, 6) is -1.32. The summed E-state index contributed by atoms with van der Waals surface area (Å²) in [6.45, 7) is 0. The van der Waals surface area contributed by atoms with Crippen molar-refractivity contribution < 1.29 is 14.5 Å². The number of carbonyl (C=O) groups excluding carboxylic acids is 2. The minimum Gasteiger partial charge on any atom is -0.316 e. The van der Waals surface area contributed by atoms with E-state index < -0.39 is 16.6 Å². The summed E-state index contributed by atoms with van der Waals surface area (Å²) in [5.41, 5.74) is 0.343. The summed E-state index contributed by atoms with van der Waals surface area (Å²) in [5, 5.41) is 13.6. The van der Waals surface area contributed by atoms with E-state index >= 15 is 0 Å². The Balaban J connectivity index is 2.43. The van der Waals surface area contributed by atoms with Gasteiger partial charge in [-0.05, 0) is 35.6 Å². The summed E-state index contributed by atoms with van der Waals surface area (Å²) in [6.07, 6.45) is 0. The van der Waals surface area contributed by atoms with Crippen LogP contribution >= 0.6 is 34.5 Å². The molecule has 0 radical (unpaired) electrons. The van der Waals surface area contributed by atoms with Gasteiger partial charge < -0.3 is 5.32 Å². The summed E-state index contributed by atoms with van der Waals surface area (Å²) >= 11 is 11.9. The molecule has 2 aromatic rings. The third kappa shape index (κ3) is 3.62. The van der Waals surface area contributed by atoms with Crippen molar-refractivity contribution in [3.63, 3.8) is 0 Å². The van der Waals surface area contributed by atoms with E-state index in [1.165, 1.54) is 24.3 Å². The number of thiophene rings is 1. The van der Waals surface area contributed by atoms with Crippen molar-refractivity contribution in [1.29, 1.82) is 0 Å². The van der Waals surface area contributed by atoms with Crippen LogP contribution in [0, 0.1) is 10.1 Å². The Kier molecular flexibility index (Phi) is 5.12. The second kappa shape index (κ2) is 6.87. The van der Waals surface area contributed by atoms with Gasteiger partial charge in [-0.15, -0.1) is 11.6 Å². The van der Waals surface area contributed by atoms with Gasteiger partial charge in [0, 0.05) is 16.7 Å². The van der Waals surface area contributed by atoms with Crippen LogP contribution in [-0.2, 0) is 4.79 Å². The summed E-state index contributed by atoms with van der Waals surface area (Å²) in [6, 6.07) is 7.20. The molecule has 114 valence electrons. The summed E-state index contributed by atoms with van der Waals surface area (Å²) in [4.78, 5) is 34.1. The molecule has 0 bridgehead atoms. The topological polar surface area (TPSA) is 89.3 Å². The normalized spacial score (nSPS) is 10.3. The third-order valence-corrected chi connectivity index (χ3v) is 4.12. The SMILES string of the molecule is O=C(CCl)Nc1sc([N+](=O)[O-])cc1C(=O)c1ccc(Cl)cc1. The largest absolute Gasteiger partial charge is 0.326 e. The first-order chi connectivity index (χ1) is 10.4. The first kappa shape index (κ1) is 16.4. The molecule has 0 saturated carbocycles. The van der Waals surface area contributed by atoms with Crippen LogP contribution in [0.2, 0.25) is 5.02 Å². The Morgan fingerprint density at radius 1 is 1.27 bits per heavy atom. The molecule has 1 N–H and O–H groups in total. The smallest absolute Gasteiger partial charge is 0.316 e. The number of amides is 1. The lowest BCUT2D eigenvalue weighted by molar-refractivity contribution is -0.380. The van der Waals surface area contributed by atoms with Crippen molar-refractivity contribution in [2.45, 2.75) is 0 Å². The van der Waals surface area contributed by atoms with Crippen LogP contribution in [0.25, 0.3) is 0 Å². The Morgan fingerprint density at radius 2 is 1.91 bits per heavy atom. The van der Waals surface area contributed by atoms with Gasteiger partial charge in [-0.2, -0.15) is 0 Å². The van der Waals surface area contributed by atoms with E-state index in [-0.39, 0.29) is 21.4 Å². The highest BCUT2D eigenvalue weighted by Crippen LogP contribution is 2.35. The maximum Gasteiger partial charge on any atom is 0.326 e. The lowest BCUT2D eigenvalue weighted by Crippen LogP contribution is -2.14. The fourth-order valence-corrected chi connectivity index (χ4v) is 2.73. The zero-order valence-electron chi connectivity index (χ0n) is 10.8. The van der Waals surface area contributed by atoms with Crippen LogP contribution in [0.4, 0.5) is 10.0 Å². The van der Waals surface area contributed by atoms with Crippen LogP contribution in [0.1, 0.15) is 15.9 Å². The van der Waals surface area contributed by atoms with E-state index in [0.29, 0.717) is 21.9 Å². The van der Waals surface area contributed by atoms with E-state index in [9.17, 15) is 19.7 Å². The van der Waals surface area contributed by atoms with Crippen molar-refractivity contribution in [3.8, 4) is 0 Å². The molecule has 0 spiro atoms. The number of alkyl halides is 1. The van der Waals surface area contributed by atoms with Gasteiger partial charge in [0.2, 0.25) is 5.91 Å². The first-order valence-corrected chi connectivity index (χ1v) is 7.59. The van der Waals surface area contributed by atoms with E-state index in [1.807, 2.05) is 0 Å². The number of hydrogen-bond donors (Lipinski definition) is 1. The average Bonchev–Trinajstić information content (AvgIpc) is 2.91. The molecular weight excluding hydrogens is 351 g/mol. The Morgan fingerprint density at radius 3 is 2.45 bits per heavy atom. The lowest BCUT2D eigenvalue weighted by Gasteiger charge is -2.04. The quantitative estimate of drug-likeness (QED) is 0.381. The number of ketones is 1. The molecule has 0 aliphatic heterocycles. The second-order valence-electron chi connectivity index (χ2n) is 4.10. The molecule has 9 heteroatoms. The third-order valence-electron chi connectivity index (χ3n) is 2.62. The van der Waals surface area contributed by atoms with Crippen molar-refractivity contribution in [1.82, 2.24) is 0 Å². The fraction of sp³-hybridized carbons (Fsp3) is 0.0769. The molecular formula is C13H8Cl2N2O4S. The number of rotatable bonds is 5. The zero-order valence-corrected chi connectivity index (χ0v) is 13.2. The van der Waals surface area contributed by atoms with E-state index in [4.69, 9.17) is 23.2 Å². The van der Waals surface area contributed by atoms with Crippen LogP contribution < -0.4 is 5.32 Å². The highest BCUT2D eigenvalue weighted by atomic mass is 35.5. The summed E-state index contributed by atoms with van der Waals surface area (Å²) < 4.78 is 0. The van der Waals surface area contributed by atoms with Gasteiger partial charge in [-0.1, -0.05) is 11.6 Å². The molecule has 0 aliphatic rings. The maximum atomic E-state index is 12.4. The minimum absolute atomic E-state index is 0.0393. The predicted molar refractivity (Wildman–Crippen MR) is 85.2 cm³/mol. The number of nitro groups is 1. The maximum absolute atomic E-state index is 12.4. The van der Waals surface area contributed by atoms with Crippen molar-refractivity contribution >= 4 is 56.2 Å². The number of nitrogens with one attached hydrogen (secondary N) is 1. The van der Waals surface area contributed by atoms with Gasteiger partial charge in [-0.25, -0.2) is 0 Å². The van der Waals surface area contributed by atoms with Gasteiger partial charge >= 0.3 is 5.00 Å². The molecule has 1 aromatic carbocycles. The highest BCUT2D eigenvalue weighted by Gasteiger charge is 2.23. The lowest BCUT2D eigenvalue weighted by atomic mass is 10.1. The molecule has 1 aromatic heterocycles. The number of halogens is 2. The molecule has 0 atom stereocenters. The molecule has 0 fully saturated rings. The Hall–Kier alpha value is -1.96. The predicted octanol–water partition coefficient (Wildman–Crippen LogP) is 3.72. The van der Waals surface area contributed by atoms with Crippen molar-refractivity contribution in [2.24, 2.45) is 0 Å². The molecule has 0 aliphatic carbocycles. The monoisotopic (exact) mass is 358 g/mol. The molecule has 22 heavy (non-hydrogen) atoms. The van der Waals surface area contributed by atoms with E-state index in [2.05, 4.69) is 5.32 Å². The molecule has 0 saturated heterocycles. The number of nitrogens with zero attached hydrogens (tertiary/aromatic N) is 1. The fourth-order valence-electron chi connectivity index (χ4n) is 1.65. The van der Waals surface area contributed by atoms with Crippen LogP contribution in [-0.4, -0.2) is 22.5 Å². The van der Waals surface area contributed by atoms with Gasteiger partial charge in [0.05, 0.1) is 10.5 Å². The van der Waals surface area contributed by atoms with Gasteiger partial charge in [0.1, 0.15) is 10.9 Å². The number of carbonyl (C=O) groups is 2. The standard InChI is InChI=1S/C13H8Cl2N2O4S/c14-6-10(18)16-13-9(5-11(22-13)17(20)21)12(19)7-1-3-8(15)4-2-7/h1-5H,6H2,(H,16,18). The van der Waals surface area contributed by atoms with E-state index in [1.54, 1.807) is 0 Å². The van der Waals surface area contributed by atoms with E-state index in [0.717, 1.165) is 6.07 Å². The molecule has 1 amide bonds. The van der Waals surface area contributed by atoms with Gasteiger partial charge in [0.25, 0.3) is 0 Å². The van der Waals surface area contributed by atoms with Gasteiger partial charge in [-0.3, -0.25) is 19.7 Å². The average molecular weight is 359 g/mol. The summed E-state index contributed by atoms with van der Waals surface area (Å²) in [7, 11) is 0.